The van der Waals surface area contributed by atoms with Gasteiger partial charge < -0.3 is 14.1 Å². The molecule has 2 heterocycles. The third-order valence-electron chi connectivity index (χ3n) is 6.09. The van der Waals surface area contributed by atoms with E-state index in [2.05, 4.69) is 4.90 Å². The monoisotopic (exact) mass is 398 g/mol. The topological polar surface area (TPSA) is 63.0 Å². The molecule has 1 aromatic carbocycles. The van der Waals surface area contributed by atoms with Crippen molar-refractivity contribution in [3.8, 4) is 0 Å². The number of piperazine rings is 1. The minimum absolute atomic E-state index is 0.0366. The predicted molar refractivity (Wildman–Crippen MR) is 112 cm³/mol. The van der Waals surface area contributed by atoms with Crippen LogP contribution in [0.1, 0.15) is 52.0 Å². The number of rotatable bonds is 2. The van der Waals surface area contributed by atoms with E-state index in [0.29, 0.717) is 36.2 Å². The second-order valence-electron chi connectivity index (χ2n) is 9.34. The van der Waals surface area contributed by atoms with E-state index in [1.54, 1.807) is 6.26 Å². The summed E-state index contributed by atoms with van der Waals surface area (Å²) < 4.78 is 11.3. The lowest BCUT2D eigenvalue weighted by molar-refractivity contribution is -0.0280. The van der Waals surface area contributed by atoms with Crippen LogP contribution < -0.4 is 5.43 Å². The highest BCUT2D eigenvalue weighted by molar-refractivity contribution is 5.76. The summed E-state index contributed by atoms with van der Waals surface area (Å²) in [4.78, 5) is 29.8. The van der Waals surface area contributed by atoms with Gasteiger partial charge in [0.1, 0.15) is 11.2 Å². The number of nitrogens with zero attached hydrogens (tertiary/aromatic N) is 2. The zero-order chi connectivity index (χ0) is 20.6. The second kappa shape index (κ2) is 7.48. The van der Waals surface area contributed by atoms with E-state index in [-0.39, 0.29) is 17.1 Å². The molecule has 0 radical (unpaired) electrons. The van der Waals surface area contributed by atoms with Gasteiger partial charge in [-0.05, 0) is 45.7 Å². The second-order valence-corrected chi connectivity index (χ2v) is 9.34. The molecule has 1 saturated carbocycles. The maximum absolute atomic E-state index is 13.0. The molecule has 29 heavy (non-hydrogen) atoms. The molecule has 1 aliphatic carbocycles. The van der Waals surface area contributed by atoms with E-state index in [9.17, 15) is 9.59 Å². The van der Waals surface area contributed by atoms with Crippen LogP contribution in [0.5, 0.6) is 0 Å². The first-order valence-electron chi connectivity index (χ1n) is 10.5. The minimum atomic E-state index is -0.499. The van der Waals surface area contributed by atoms with Crippen molar-refractivity contribution in [1.82, 2.24) is 9.80 Å². The normalized spacial score (nSPS) is 19.8. The Labute approximate surface area is 171 Å². The summed E-state index contributed by atoms with van der Waals surface area (Å²) in [5.41, 5.74) is 0.746. The van der Waals surface area contributed by atoms with Gasteiger partial charge in [0, 0.05) is 37.3 Å². The molecule has 2 fully saturated rings. The van der Waals surface area contributed by atoms with E-state index in [4.69, 9.17) is 9.15 Å². The van der Waals surface area contributed by atoms with E-state index in [1.165, 1.54) is 0 Å². The fourth-order valence-corrected chi connectivity index (χ4v) is 4.68. The third kappa shape index (κ3) is 4.04. The van der Waals surface area contributed by atoms with Crippen LogP contribution in [-0.4, -0.2) is 46.7 Å². The average Bonchev–Trinajstić information content (AvgIpc) is 3.13. The molecule has 1 saturated heterocycles. The summed E-state index contributed by atoms with van der Waals surface area (Å²) in [5, 5.41) is 0.623. The van der Waals surface area contributed by atoms with Gasteiger partial charge in [0.2, 0.25) is 0 Å². The Morgan fingerprint density at radius 3 is 2.62 bits per heavy atom. The summed E-state index contributed by atoms with van der Waals surface area (Å²) in [6.45, 7) is 8.22. The molecule has 1 spiro atoms. The summed E-state index contributed by atoms with van der Waals surface area (Å²) in [7, 11) is 0. The van der Waals surface area contributed by atoms with Gasteiger partial charge in [-0.15, -0.1) is 0 Å². The number of carbonyl (C=O) groups excluding carboxylic acids is 1. The van der Waals surface area contributed by atoms with Gasteiger partial charge in [-0.3, -0.25) is 9.69 Å². The fourth-order valence-electron chi connectivity index (χ4n) is 4.68. The van der Waals surface area contributed by atoms with Gasteiger partial charge in [-0.25, -0.2) is 4.79 Å². The summed E-state index contributed by atoms with van der Waals surface area (Å²) in [6, 6.07) is 7.37. The summed E-state index contributed by atoms with van der Waals surface area (Å²) in [5.74, 6) is 0. The standard InChI is InChI=1S/C23H30N2O4/c1-22(2,3)29-21(27)24-12-13-25(23(16-24)10-6-7-11-23)14-17-15-28-19-9-5-4-8-18(19)20(17)26/h4-5,8-9,15H,6-7,10-14,16H2,1-3H3. The van der Waals surface area contributed by atoms with Crippen LogP contribution >= 0.6 is 0 Å². The van der Waals surface area contributed by atoms with Crippen molar-refractivity contribution in [1.29, 1.82) is 0 Å². The van der Waals surface area contributed by atoms with Gasteiger partial charge in [-0.2, -0.15) is 0 Å². The van der Waals surface area contributed by atoms with E-state index in [0.717, 1.165) is 32.2 Å². The number of ether oxygens (including phenoxy) is 1. The number of hydrogen-bond donors (Lipinski definition) is 0. The number of benzene rings is 1. The molecular weight excluding hydrogens is 368 g/mol. The molecule has 0 N–H and O–H groups in total. The zero-order valence-corrected chi connectivity index (χ0v) is 17.6. The SMILES string of the molecule is CC(C)(C)OC(=O)N1CCN(Cc2coc3ccccc3c2=O)C2(CCCC2)C1. The van der Waals surface area contributed by atoms with Crippen molar-refractivity contribution >= 4 is 17.1 Å². The van der Waals surface area contributed by atoms with E-state index < -0.39 is 5.60 Å². The van der Waals surface area contributed by atoms with Crippen molar-refractivity contribution in [2.45, 2.75) is 64.1 Å². The summed E-state index contributed by atoms with van der Waals surface area (Å²) >= 11 is 0. The van der Waals surface area contributed by atoms with Crippen LogP contribution in [0, 0.1) is 0 Å². The smallest absolute Gasteiger partial charge is 0.410 e. The number of hydrogen-bond acceptors (Lipinski definition) is 5. The Bertz CT molecular complexity index is 953. The van der Waals surface area contributed by atoms with Gasteiger partial charge in [0.25, 0.3) is 0 Å². The highest BCUT2D eigenvalue weighted by Crippen LogP contribution is 2.39. The van der Waals surface area contributed by atoms with Crippen molar-refractivity contribution < 1.29 is 13.9 Å². The third-order valence-corrected chi connectivity index (χ3v) is 6.09. The maximum Gasteiger partial charge on any atom is 0.410 e. The largest absolute Gasteiger partial charge is 0.464 e. The number of carbonyl (C=O) groups is 1. The molecule has 0 atom stereocenters. The number of amides is 1. The van der Waals surface area contributed by atoms with Crippen molar-refractivity contribution in [2.75, 3.05) is 19.6 Å². The van der Waals surface area contributed by atoms with Crippen LogP contribution in [-0.2, 0) is 11.3 Å². The Morgan fingerprint density at radius 1 is 1.17 bits per heavy atom. The summed E-state index contributed by atoms with van der Waals surface area (Å²) in [6.07, 6.45) is 5.72. The predicted octanol–water partition coefficient (Wildman–Crippen LogP) is 4.16. The highest BCUT2D eigenvalue weighted by Gasteiger charge is 2.45. The molecule has 4 rings (SSSR count). The quantitative estimate of drug-likeness (QED) is 0.760. The minimum Gasteiger partial charge on any atom is -0.464 e. The molecule has 6 heteroatoms. The van der Waals surface area contributed by atoms with Gasteiger partial charge in [-0.1, -0.05) is 25.0 Å². The van der Waals surface area contributed by atoms with Crippen LogP contribution in [0.25, 0.3) is 11.0 Å². The number of fused-ring (bicyclic) bond motifs is 1. The molecule has 0 bridgehead atoms. The first kappa shape index (κ1) is 20.0. The van der Waals surface area contributed by atoms with Gasteiger partial charge in [0.15, 0.2) is 5.43 Å². The highest BCUT2D eigenvalue weighted by atomic mass is 16.6. The van der Waals surface area contributed by atoms with Gasteiger partial charge >= 0.3 is 6.09 Å². The molecular formula is C23H30N2O4. The van der Waals surface area contributed by atoms with Gasteiger partial charge in [0.05, 0.1) is 11.6 Å². The van der Waals surface area contributed by atoms with Crippen molar-refractivity contribution in [3.63, 3.8) is 0 Å². The Kier molecular flexibility index (Phi) is 5.15. The molecule has 2 aromatic rings. The molecule has 1 aliphatic heterocycles. The van der Waals surface area contributed by atoms with Crippen LogP contribution in [0.3, 0.4) is 0 Å². The molecule has 1 aromatic heterocycles. The van der Waals surface area contributed by atoms with Crippen molar-refractivity contribution in [3.05, 3.63) is 46.3 Å². The lowest BCUT2D eigenvalue weighted by Crippen LogP contribution is -2.62. The van der Waals surface area contributed by atoms with Crippen LogP contribution in [0.15, 0.2) is 39.7 Å². The Hall–Kier alpha value is -2.34. The first-order valence-corrected chi connectivity index (χ1v) is 10.5. The van der Waals surface area contributed by atoms with Crippen LogP contribution in [0.4, 0.5) is 4.79 Å². The maximum atomic E-state index is 13.0. The molecule has 6 nitrogen and oxygen atoms in total. The van der Waals surface area contributed by atoms with E-state index >= 15 is 0 Å². The average molecular weight is 399 g/mol. The molecule has 1 amide bonds. The zero-order valence-electron chi connectivity index (χ0n) is 17.6. The van der Waals surface area contributed by atoms with E-state index in [1.807, 2.05) is 49.9 Å². The van der Waals surface area contributed by atoms with Crippen molar-refractivity contribution in [2.24, 2.45) is 0 Å². The lowest BCUT2D eigenvalue weighted by atomic mass is 9.91. The molecule has 0 unspecified atom stereocenters. The number of para-hydroxylation sites is 1. The molecule has 2 aliphatic rings. The first-order chi connectivity index (χ1) is 13.8. The fraction of sp³-hybridized carbons (Fsp3) is 0.565. The van der Waals surface area contributed by atoms with Crippen LogP contribution in [0.2, 0.25) is 0 Å². The lowest BCUT2D eigenvalue weighted by Gasteiger charge is -2.49. The Morgan fingerprint density at radius 2 is 1.90 bits per heavy atom. The molecule has 156 valence electrons. The Balaban J connectivity index is 1.56.